The number of fused-ring (bicyclic) bond motifs is 2. The molecule has 1 aromatic carbocycles. The van der Waals surface area contributed by atoms with Gasteiger partial charge in [-0.1, -0.05) is 72.3 Å². The lowest BCUT2D eigenvalue weighted by molar-refractivity contribution is -0.146. The van der Waals surface area contributed by atoms with Crippen molar-refractivity contribution in [2.24, 2.45) is 17.3 Å². The molecule has 5 aliphatic rings. The van der Waals surface area contributed by atoms with Crippen molar-refractivity contribution in [1.82, 2.24) is 57.0 Å². The number of amides is 10. The van der Waals surface area contributed by atoms with Crippen LogP contribution in [0.2, 0.25) is 0 Å². The second-order valence-electron chi connectivity index (χ2n) is 25.1. The molecule has 91 heavy (non-hydrogen) atoms. The number of anilines is 1. The number of piperidine rings is 1. The second kappa shape index (κ2) is 35.4. The summed E-state index contributed by atoms with van der Waals surface area (Å²) in [7, 11) is 0. The predicted octanol–water partition coefficient (Wildman–Crippen LogP) is 2.40. The first-order chi connectivity index (χ1) is 43.7. The van der Waals surface area contributed by atoms with E-state index in [1.807, 2.05) is 13.0 Å². The van der Waals surface area contributed by atoms with Crippen molar-refractivity contribution in [3.05, 3.63) is 53.1 Å². The Bertz CT molecular complexity index is 2870. The Morgan fingerprint density at radius 1 is 0.725 bits per heavy atom. The van der Waals surface area contributed by atoms with Gasteiger partial charge in [-0.3, -0.25) is 58.1 Å². The fraction of sp³-hybridized carbons (Fsp3) is 0.672. The van der Waals surface area contributed by atoms with Gasteiger partial charge in [0.15, 0.2) is 0 Å². The molecular weight excluding hydrogens is 1180 g/mol. The van der Waals surface area contributed by atoms with E-state index in [4.69, 9.17) is 18.9 Å². The van der Waals surface area contributed by atoms with Crippen LogP contribution in [0.3, 0.4) is 0 Å². The van der Waals surface area contributed by atoms with Crippen LogP contribution in [0.1, 0.15) is 174 Å². The number of hydrogen-bond acceptors (Lipinski definition) is 18. The van der Waals surface area contributed by atoms with Gasteiger partial charge in [0.25, 0.3) is 23.6 Å². The zero-order chi connectivity index (χ0) is 65.5. The molecule has 0 spiro atoms. The first-order valence-electron chi connectivity index (χ1n) is 32.5. The molecule has 4 fully saturated rings. The van der Waals surface area contributed by atoms with Crippen LogP contribution in [0.25, 0.3) is 0 Å². The van der Waals surface area contributed by atoms with E-state index >= 15 is 0 Å². The van der Waals surface area contributed by atoms with Gasteiger partial charge in [0.1, 0.15) is 35.6 Å². The summed E-state index contributed by atoms with van der Waals surface area (Å²) in [5, 5.41) is 22.3. The van der Waals surface area contributed by atoms with Crippen LogP contribution >= 0.6 is 0 Å². The molecule has 2 saturated carbocycles. The number of aromatic nitrogens is 2. The maximum Gasteiger partial charge on any atom is 0.289 e. The monoisotopic (exact) mass is 1270 g/mol. The molecule has 3 aliphatic heterocycles. The zero-order valence-electron chi connectivity index (χ0n) is 53.4. The zero-order valence-corrected chi connectivity index (χ0v) is 53.4. The van der Waals surface area contributed by atoms with Gasteiger partial charge in [0.05, 0.1) is 71.3 Å². The molecular formula is C64H94N12O15. The molecule has 7 atom stereocenters. The SMILES string of the molecule is CCC[C@H](NC(=O)[C@@H]1C2CCC[C@H]2CN1C(=O)[C@@H](NC(=O)[C@H](C)NC(=O)c1cnc(C(=O)NCCCCCCCCNC(=O)CCOCCOCCOCCOCCNc2cccc3c2CN(C2CCC(=O)NC2=O)C3=O)cn1)C(C)(C)C)C(=O)C(=O)NC1CC1. The number of nitrogens with zero attached hydrogens (tertiary/aromatic N) is 4. The van der Waals surface area contributed by atoms with Crippen LogP contribution in [0.15, 0.2) is 30.6 Å². The fourth-order valence-electron chi connectivity index (χ4n) is 11.8. The smallest absolute Gasteiger partial charge is 0.289 e. The maximum absolute atomic E-state index is 14.5. The molecule has 7 rings (SSSR count). The van der Waals surface area contributed by atoms with Crippen LogP contribution in [0, 0.1) is 17.3 Å². The van der Waals surface area contributed by atoms with Crippen molar-refractivity contribution in [2.75, 3.05) is 84.4 Å². The van der Waals surface area contributed by atoms with E-state index in [1.54, 1.807) is 32.9 Å². The minimum absolute atomic E-state index is 0.0148. The van der Waals surface area contributed by atoms with Gasteiger partial charge in [-0.2, -0.15) is 0 Å². The number of Topliss-reactive ketones (excluding diaryl/α,β-unsaturated/α-hetero) is 1. The van der Waals surface area contributed by atoms with E-state index in [-0.39, 0.29) is 79.4 Å². The predicted molar refractivity (Wildman–Crippen MR) is 332 cm³/mol. The number of carbonyl (C=O) groups is 11. The first kappa shape index (κ1) is 71.0. The third-order valence-corrected chi connectivity index (χ3v) is 17.0. The van der Waals surface area contributed by atoms with Gasteiger partial charge in [-0.25, -0.2) is 9.97 Å². The van der Waals surface area contributed by atoms with E-state index in [9.17, 15) is 52.7 Å². The van der Waals surface area contributed by atoms with Crippen LogP contribution in [-0.2, 0) is 63.8 Å². The molecule has 27 nitrogen and oxygen atoms in total. The molecule has 2 aromatic rings. The minimum Gasteiger partial charge on any atom is -0.382 e. The Labute approximate surface area is 532 Å². The highest BCUT2D eigenvalue weighted by atomic mass is 16.6. The van der Waals surface area contributed by atoms with Crippen LogP contribution in [0.4, 0.5) is 5.69 Å². The molecule has 0 radical (unpaired) electrons. The van der Waals surface area contributed by atoms with Gasteiger partial charge in [0, 0.05) is 68.4 Å². The molecule has 27 heteroatoms. The summed E-state index contributed by atoms with van der Waals surface area (Å²) in [6, 6.07) is 0.583. The molecule has 2 saturated heterocycles. The number of carbonyl (C=O) groups excluding carboxylic acids is 11. The Hall–Kier alpha value is -7.49. The average molecular weight is 1270 g/mol. The molecule has 10 amide bonds. The standard InChI is InChI=1S/C64H94N12O15/c1-6-15-47(54(79)61(85)71-42-20-21-42)72-60(84)53-43-17-13-16-41(43)38-76(53)63(87)55(64(3,4)5)74-56(80)40(2)70-58(82)49-37-68-48(36-69-49)57(81)67-26-12-10-8-7-9-11-25-66-51(77)24-28-88-30-32-90-34-35-91-33-31-89-29-27-65-46-19-14-18-44-45(46)39-75(62(44)86)50-22-23-52(78)73-59(50)83/h14,18-19,36-37,40-43,47,50,53,55,65H,6-13,15-17,20-35,38-39H2,1-5H3,(H,66,77)(H,67,81)(H,70,82)(H,71,85)(H,72,84)(H,74,80)(H,73,78,83)/t40-,41-,43?,47-,50?,53-,55+/m0/s1. The molecule has 0 bridgehead atoms. The topological polar surface area (TPSA) is 353 Å². The van der Waals surface area contributed by atoms with Crippen molar-refractivity contribution in [2.45, 2.75) is 180 Å². The maximum atomic E-state index is 14.5. The van der Waals surface area contributed by atoms with Crippen LogP contribution in [-0.4, -0.2) is 200 Å². The third-order valence-electron chi connectivity index (χ3n) is 17.0. The minimum atomic E-state index is -1.12. The van der Waals surface area contributed by atoms with Gasteiger partial charge in [-0.05, 0) is 87.7 Å². The highest BCUT2D eigenvalue weighted by molar-refractivity contribution is 6.38. The lowest BCUT2D eigenvalue weighted by Crippen LogP contribution is -2.61. The van der Waals surface area contributed by atoms with Crippen molar-refractivity contribution in [3.8, 4) is 0 Å². The number of likely N-dealkylation sites (tertiary alicyclic amines) is 1. The highest BCUT2D eigenvalue weighted by Crippen LogP contribution is 2.43. The number of benzene rings is 1. The van der Waals surface area contributed by atoms with E-state index in [1.165, 1.54) is 22.9 Å². The number of imide groups is 1. The Kier molecular flexibility index (Phi) is 27.6. The van der Waals surface area contributed by atoms with Crippen molar-refractivity contribution in [1.29, 1.82) is 0 Å². The number of unbranched alkanes of at least 4 members (excludes halogenated alkanes) is 5. The fourth-order valence-corrected chi connectivity index (χ4v) is 11.8. The van der Waals surface area contributed by atoms with E-state index < -0.39 is 82.8 Å². The number of hydrogen-bond donors (Lipinski definition) is 8. The molecule has 4 heterocycles. The molecule has 1 aromatic heterocycles. The van der Waals surface area contributed by atoms with Gasteiger partial charge in [0.2, 0.25) is 41.2 Å². The summed E-state index contributed by atoms with van der Waals surface area (Å²) < 4.78 is 22.3. The molecule has 8 N–H and O–H groups in total. The van der Waals surface area contributed by atoms with Gasteiger partial charge < -0.3 is 66.0 Å². The average Bonchev–Trinajstić information content (AvgIpc) is 1.64. The normalized spacial score (nSPS) is 19.5. The van der Waals surface area contributed by atoms with Crippen molar-refractivity contribution >= 4 is 70.5 Å². The van der Waals surface area contributed by atoms with Gasteiger partial charge >= 0.3 is 0 Å². The molecule has 2 unspecified atom stereocenters. The largest absolute Gasteiger partial charge is 0.382 e. The number of nitrogens with one attached hydrogen (secondary N) is 8. The Morgan fingerprint density at radius 3 is 2.00 bits per heavy atom. The Balaban J connectivity index is 0.665. The van der Waals surface area contributed by atoms with E-state index in [0.29, 0.717) is 97.3 Å². The second-order valence-corrected chi connectivity index (χ2v) is 25.1. The van der Waals surface area contributed by atoms with Crippen LogP contribution in [0.5, 0.6) is 0 Å². The van der Waals surface area contributed by atoms with E-state index in [0.717, 1.165) is 81.7 Å². The van der Waals surface area contributed by atoms with Gasteiger partial charge in [-0.15, -0.1) is 0 Å². The number of ether oxygens (including phenoxy) is 4. The Morgan fingerprint density at radius 2 is 1.36 bits per heavy atom. The van der Waals surface area contributed by atoms with Crippen molar-refractivity contribution in [3.63, 3.8) is 0 Å². The summed E-state index contributed by atoms with van der Waals surface area (Å²) in [5.74, 6) is -5.35. The number of ketones is 1. The van der Waals surface area contributed by atoms with Crippen LogP contribution < -0.4 is 42.5 Å². The third kappa shape index (κ3) is 21.3. The summed E-state index contributed by atoms with van der Waals surface area (Å²) in [5.41, 5.74) is 1.23. The molecule has 500 valence electrons. The molecule has 2 aliphatic carbocycles. The highest BCUT2D eigenvalue weighted by Gasteiger charge is 2.52. The first-order valence-corrected chi connectivity index (χ1v) is 32.5. The summed E-state index contributed by atoms with van der Waals surface area (Å²) in [6.07, 6.45) is 13.3. The lowest BCUT2D eigenvalue weighted by atomic mass is 9.85. The number of rotatable bonds is 39. The lowest BCUT2D eigenvalue weighted by Gasteiger charge is -2.37. The van der Waals surface area contributed by atoms with Crippen molar-refractivity contribution < 1.29 is 71.7 Å². The summed E-state index contributed by atoms with van der Waals surface area (Å²) >= 11 is 0. The quantitative estimate of drug-likeness (QED) is 0.0271. The summed E-state index contributed by atoms with van der Waals surface area (Å²) in [6.45, 7) is 13.8. The summed E-state index contributed by atoms with van der Waals surface area (Å²) in [4.78, 5) is 155. The van der Waals surface area contributed by atoms with E-state index in [2.05, 4.69) is 52.5 Å².